The smallest absolute Gasteiger partial charge is 0.142 e. The Bertz CT molecular complexity index is 498. The highest BCUT2D eigenvalue weighted by atomic mass is 32.1. The minimum absolute atomic E-state index is 0.360. The molecule has 2 aromatic rings. The number of nitrogens with two attached hydrogens (primary N) is 1. The Kier molecular flexibility index (Phi) is 3.78. The normalized spacial score (nSPS) is 10.8. The third-order valence-corrected chi connectivity index (χ3v) is 3.33. The molecular weight excluding hydrogens is 241 g/mol. The molecule has 0 aromatic carbocycles. The van der Waals surface area contributed by atoms with E-state index in [-0.39, 0.29) is 5.82 Å². The summed E-state index contributed by atoms with van der Waals surface area (Å²) in [5.74, 6) is -0.360. The molecule has 4 nitrogen and oxygen atoms in total. The lowest BCUT2D eigenvalue weighted by molar-refractivity contribution is 0.181. The van der Waals surface area contributed by atoms with E-state index >= 15 is 0 Å². The van der Waals surface area contributed by atoms with E-state index < -0.39 is 0 Å². The molecule has 0 atom stereocenters. The SMILES string of the molecule is COCc1nc(-c2ccc(F)cn2)sc1CN. The minimum atomic E-state index is -0.360. The maximum Gasteiger partial charge on any atom is 0.142 e. The fourth-order valence-corrected chi connectivity index (χ4v) is 2.32. The van der Waals surface area contributed by atoms with Crippen molar-refractivity contribution in [3.8, 4) is 10.7 Å². The fraction of sp³-hybridized carbons (Fsp3) is 0.273. The zero-order valence-electron chi connectivity index (χ0n) is 9.31. The van der Waals surface area contributed by atoms with E-state index in [1.165, 1.54) is 23.6 Å². The number of aromatic nitrogens is 2. The van der Waals surface area contributed by atoms with Gasteiger partial charge in [0.2, 0.25) is 0 Å². The summed E-state index contributed by atoms with van der Waals surface area (Å²) in [5.41, 5.74) is 7.10. The van der Waals surface area contributed by atoms with Crippen LogP contribution in [-0.4, -0.2) is 17.1 Å². The number of rotatable bonds is 4. The quantitative estimate of drug-likeness (QED) is 0.904. The first-order valence-corrected chi connectivity index (χ1v) is 5.85. The molecule has 0 spiro atoms. The van der Waals surface area contributed by atoms with Crippen LogP contribution in [0.5, 0.6) is 0 Å². The second-order valence-corrected chi connectivity index (χ2v) is 4.47. The van der Waals surface area contributed by atoms with Crippen LogP contribution in [0.1, 0.15) is 10.6 Å². The van der Waals surface area contributed by atoms with Gasteiger partial charge in [-0.25, -0.2) is 9.37 Å². The molecule has 0 fully saturated rings. The van der Waals surface area contributed by atoms with Gasteiger partial charge in [-0.3, -0.25) is 4.98 Å². The second kappa shape index (κ2) is 5.31. The van der Waals surface area contributed by atoms with Gasteiger partial charge in [0.05, 0.1) is 24.2 Å². The van der Waals surface area contributed by atoms with Gasteiger partial charge in [-0.2, -0.15) is 0 Å². The Balaban J connectivity index is 2.35. The molecule has 17 heavy (non-hydrogen) atoms. The lowest BCUT2D eigenvalue weighted by Crippen LogP contribution is -1.99. The molecule has 90 valence electrons. The Morgan fingerprint density at radius 2 is 2.29 bits per heavy atom. The molecule has 0 aliphatic heterocycles. The van der Waals surface area contributed by atoms with Gasteiger partial charge in [0.25, 0.3) is 0 Å². The van der Waals surface area contributed by atoms with E-state index in [2.05, 4.69) is 9.97 Å². The summed E-state index contributed by atoms with van der Waals surface area (Å²) in [6, 6.07) is 2.97. The third-order valence-electron chi connectivity index (χ3n) is 2.19. The highest BCUT2D eigenvalue weighted by Crippen LogP contribution is 2.26. The fourth-order valence-electron chi connectivity index (χ4n) is 1.40. The highest BCUT2D eigenvalue weighted by Gasteiger charge is 2.12. The molecule has 6 heteroatoms. The average Bonchev–Trinajstić information content (AvgIpc) is 2.74. The molecule has 0 radical (unpaired) electrons. The van der Waals surface area contributed by atoms with Crippen LogP contribution in [0, 0.1) is 5.82 Å². The monoisotopic (exact) mass is 253 g/mol. The van der Waals surface area contributed by atoms with E-state index in [4.69, 9.17) is 10.5 Å². The first kappa shape index (κ1) is 12.1. The topological polar surface area (TPSA) is 61.0 Å². The standard InChI is InChI=1S/C11H12FN3OS/c1-16-6-9-10(4-13)17-11(15-9)8-3-2-7(12)5-14-8/h2-3,5H,4,6,13H2,1H3. The Hall–Kier alpha value is -1.37. The number of nitrogens with zero attached hydrogens (tertiary/aromatic N) is 2. The summed E-state index contributed by atoms with van der Waals surface area (Å²) in [6.07, 6.45) is 1.18. The van der Waals surface area contributed by atoms with Gasteiger partial charge in [-0.15, -0.1) is 11.3 Å². The molecule has 2 rings (SSSR count). The number of hydrogen-bond donors (Lipinski definition) is 1. The number of methoxy groups -OCH3 is 1. The molecule has 2 heterocycles. The molecule has 2 N–H and O–H groups in total. The van der Waals surface area contributed by atoms with Crippen molar-refractivity contribution < 1.29 is 9.13 Å². The van der Waals surface area contributed by atoms with Gasteiger partial charge in [-0.1, -0.05) is 0 Å². The minimum Gasteiger partial charge on any atom is -0.378 e. The van der Waals surface area contributed by atoms with Gasteiger partial charge < -0.3 is 10.5 Å². The lowest BCUT2D eigenvalue weighted by Gasteiger charge is -1.96. The summed E-state index contributed by atoms with van der Waals surface area (Å²) < 4.78 is 17.8. The number of halogens is 1. The zero-order valence-corrected chi connectivity index (χ0v) is 10.1. The van der Waals surface area contributed by atoms with Gasteiger partial charge in [-0.05, 0) is 12.1 Å². The molecule has 0 unspecified atom stereocenters. The van der Waals surface area contributed by atoms with Crippen molar-refractivity contribution in [3.05, 3.63) is 34.7 Å². The van der Waals surface area contributed by atoms with Gasteiger partial charge in [0, 0.05) is 18.5 Å². The molecular formula is C11H12FN3OS. The molecule has 0 saturated heterocycles. The summed E-state index contributed by atoms with van der Waals surface area (Å²) in [7, 11) is 1.61. The number of hydrogen-bond acceptors (Lipinski definition) is 5. The molecule has 0 saturated carbocycles. The number of thiazole rings is 1. The molecule has 0 aliphatic carbocycles. The van der Waals surface area contributed by atoms with Crippen LogP contribution in [0.4, 0.5) is 4.39 Å². The Labute approximate surface area is 102 Å². The average molecular weight is 253 g/mol. The second-order valence-electron chi connectivity index (χ2n) is 3.39. The van der Waals surface area contributed by atoms with Crippen molar-refractivity contribution in [2.75, 3.05) is 7.11 Å². The van der Waals surface area contributed by atoms with Crippen LogP contribution >= 0.6 is 11.3 Å². The van der Waals surface area contributed by atoms with Gasteiger partial charge in [0.1, 0.15) is 10.8 Å². The summed E-state index contributed by atoms with van der Waals surface area (Å²) in [6.45, 7) is 0.835. The van der Waals surface area contributed by atoms with Crippen molar-refractivity contribution in [1.29, 1.82) is 0 Å². The van der Waals surface area contributed by atoms with E-state index in [1.54, 1.807) is 13.2 Å². The first-order chi connectivity index (χ1) is 8.24. The number of pyridine rings is 1. The lowest BCUT2D eigenvalue weighted by atomic mass is 10.3. The van der Waals surface area contributed by atoms with Crippen molar-refractivity contribution in [2.24, 2.45) is 5.73 Å². The van der Waals surface area contributed by atoms with Crippen molar-refractivity contribution in [3.63, 3.8) is 0 Å². The third kappa shape index (κ3) is 2.66. The zero-order chi connectivity index (χ0) is 12.3. The van der Waals surface area contributed by atoms with Crippen molar-refractivity contribution >= 4 is 11.3 Å². The predicted octanol–water partition coefficient (Wildman–Crippen LogP) is 1.95. The van der Waals surface area contributed by atoms with Gasteiger partial charge in [0.15, 0.2) is 0 Å². The van der Waals surface area contributed by atoms with Crippen LogP contribution in [0.2, 0.25) is 0 Å². The Morgan fingerprint density at radius 3 is 2.88 bits per heavy atom. The Morgan fingerprint density at radius 1 is 1.47 bits per heavy atom. The largest absolute Gasteiger partial charge is 0.378 e. The van der Waals surface area contributed by atoms with Crippen LogP contribution < -0.4 is 5.73 Å². The van der Waals surface area contributed by atoms with Crippen molar-refractivity contribution in [2.45, 2.75) is 13.2 Å². The van der Waals surface area contributed by atoms with E-state index in [1.807, 2.05) is 0 Å². The van der Waals surface area contributed by atoms with Gasteiger partial charge >= 0.3 is 0 Å². The van der Waals surface area contributed by atoms with Crippen LogP contribution in [0.25, 0.3) is 10.7 Å². The van der Waals surface area contributed by atoms with Crippen LogP contribution in [0.3, 0.4) is 0 Å². The maximum atomic E-state index is 12.8. The molecule has 2 aromatic heterocycles. The van der Waals surface area contributed by atoms with Crippen molar-refractivity contribution in [1.82, 2.24) is 9.97 Å². The molecule has 0 amide bonds. The van der Waals surface area contributed by atoms with E-state index in [0.29, 0.717) is 18.8 Å². The highest BCUT2D eigenvalue weighted by molar-refractivity contribution is 7.15. The molecule has 0 aliphatic rings. The predicted molar refractivity (Wildman–Crippen MR) is 63.9 cm³/mol. The molecule has 0 bridgehead atoms. The van der Waals surface area contributed by atoms with Crippen LogP contribution in [-0.2, 0) is 17.9 Å². The summed E-state index contributed by atoms with van der Waals surface area (Å²) >= 11 is 1.46. The summed E-state index contributed by atoms with van der Waals surface area (Å²) in [5, 5.41) is 0.734. The number of ether oxygens (including phenoxy) is 1. The van der Waals surface area contributed by atoms with E-state index in [0.717, 1.165) is 15.6 Å². The maximum absolute atomic E-state index is 12.8. The summed E-state index contributed by atoms with van der Waals surface area (Å²) in [4.78, 5) is 9.35. The van der Waals surface area contributed by atoms with Crippen LogP contribution in [0.15, 0.2) is 18.3 Å². The first-order valence-electron chi connectivity index (χ1n) is 5.04. The van der Waals surface area contributed by atoms with E-state index in [9.17, 15) is 4.39 Å².